The van der Waals surface area contributed by atoms with Crippen LogP contribution in [-0.4, -0.2) is 14.6 Å². The molecule has 0 saturated carbocycles. The third-order valence-corrected chi connectivity index (χ3v) is 2.23. The maximum absolute atomic E-state index is 4.55. The Morgan fingerprint density at radius 2 is 2.00 bits per heavy atom. The van der Waals surface area contributed by atoms with E-state index < -0.39 is 0 Å². The van der Waals surface area contributed by atoms with Crippen molar-refractivity contribution in [2.75, 3.05) is 0 Å². The van der Waals surface area contributed by atoms with E-state index in [2.05, 4.69) is 30.9 Å². The fourth-order valence-electron chi connectivity index (χ4n) is 1.33. The van der Waals surface area contributed by atoms with Gasteiger partial charge in [-0.15, -0.1) is 0 Å². The molecule has 0 aromatic carbocycles. The third kappa shape index (κ3) is 1.50. The lowest BCUT2D eigenvalue weighted by atomic mass is 9.93. The predicted molar refractivity (Wildman–Crippen MR) is 56.4 cm³/mol. The Kier molecular flexibility index (Phi) is 1.84. The summed E-state index contributed by atoms with van der Waals surface area (Å²) in [6.45, 7) is 8.49. The van der Waals surface area contributed by atoms with E-state index in [4.69, 9.17) is 0 Å². The van der Waals surface area contributed by atoms with E-state index in [0.717, 1.165) is 16.9 Å². The highest BCUT2D eigenvalue weighted by molar-refractivity contribution is 5.41. The van der Waals surface area contributed by atoms with Crippen LogP contribution in [0.1, 0.15) is 32.0 Å². The quantitative estimate of drug-likeness (QED) is 0.636. The van der Waals surface area contributed by atoms with Crippen molar-refractivity contribution in [3.05, 3.63) is 29.7 Å². The second kappa shape index (κ2) is 2.80. The number of fused-ring (bicyclic) bond motifs is 1. The monoisotopic (exact) mass is 189 g/mol. The summed E-state index contributed by atoms with van der Waals surface area (Å²) in [6, 6.07) is 2.04. The minimum atomic E-state index is 0.0849. The van der Waals surface area contributed by atoms with Gasteiger partial charge in [-0.2, -0.15) is 5.10 Å². The van der Waals surface area contributed by atoms with Crippen molar-refractivity contribution < 1.29 is 0 Å². The maximum atomic E-state index is 4.55. The van der Waals surface area contributed by atoms with Crippen molar-refractivity contribution in [3.8, 4) is 0 Å². The summed E-state index contributed by atoms with van der Waals surface area (Å²) in [6.07, 6.45) is 3.84. The second-order valence-corrected chi connectivity index (χ2v) is 4.71. The number of hydrogen-bond donors (Lipinski definition) is 0. The van der Waals surface area contributed by atoms with Crippen LogP contribution in [0.15, 0.2) is 18.5 Å². The van der Waals surface area contributed by atoms with Gasteiger partial charge < -0.3 is 0 Å². The molecule has 2 rings (SSSR count). The van der Waals surface area contributed by atoms with Crippen molar-refractivity contribution in [3.63, 3.8) is 0 Å². The van der Waals surface area contributed by atoms with Crippen molar-refractivity contribution in [1.29, 1.82) is 0 Å². The minimum absolute atomic E-state index is 0.0849. The molecule has 0 fully saturated rings. The lowest BCUT2D eigenvalue weighted by molar-refractivity contribution is 0.572. The van der Waals surface area contributed by atoms with Crippen molar-refractivity contribution in [1.82, 2.24) is 14.6 Å². The Bertz CT molecular complexity index is 463. The molecule has 74 valence electrons. The summed E-state index contributed by atoms with van der Waals surface area (Å²) in [4.78, 5) is 4.55. The maximum Gasteiger partial charge on any atom is 0.154 e. The molecule has 2 heterocycles. The zero-order valence-electron chi connectivity index (χ0n) is 9.07. The summed E-state index contributed by atoms with van der Waals surface area (Å²) in [5.41, 5.74) is 3.23. The Balaban J connectivity index is 2.63. The largest absolute Gasteiger partial charge is 0.232 e. The molecular formula is C11H15N3. The summed E-state index contributed by atoms with van der Waals surface area (Å²) in [5, 5.41) is 4.27. The molecule has 0 aliphatic carbocycles. The number of hydrogen-bond acceptors (Lipinski definition) is 2. The van der Waals surface area contributed by atoms with Crippen LogP contribution in [0.4, 0.5) is 0 Å². The molecule has 0 saturated heterocycles. The van der Waals surface area contributed by atoms with E-state index in [0.29, 0.717) is 0 Å². The van der Waals surface area contributed by atoms with Gasteiger partial charge in [0, 0.05) is 5.41 Å². The topological polar surface area (TPSA) is 30.2 Å². The van der Waals surface area contributed by atoms with Crippen LogP contribution < -0.4 is 0 Å². The van der Waals surface area contributed by atoms with Crippen molar-refractivity contribution in [2.45, 2.75) is 33.1 Å². The molecule has 0 unspecified atom stereocenters. The first kappa shape index (κ1) is 9.19. The number of aromatic nitrogens is 3. The molecule has 0 spiro atoms. The zero-order chi connectivity index (χ0) is 10.3. The average molecular weight is 189 g/mol. The van der Waals surface area contributed by atoms with Gasteiger partial charge in [0.2, 0.25) is 0 Å². The van der Waals surface area contributed by atoms with Crippen molar-refractivity contribution in [2.24, 2.45) is 0 Å². The molecule has 0 aliphatic heterocycles. The minimum Gasteiger partial charge on any atom is -0.232 e. The molecule has 0 radical (unpaired) electrons. The lowest BCUT2D eigenvalue weighted by Crippen LogP contribution is -2.11. The molecule has 2 aromatic heterocycles. The Morgan fingerprint density at radius 3 is 2.64 bits per heavy atom. The van der Waals surface area contributed by atoms with Gasteiger partial charge in [0.05, 0.1) is 18.1 Å². The SMILES string of the molecule is Cc1cnn2cc(C(C)(C)C)nc2c1. The van der Waals surface area contributed by atoms with E-state index in [9.17, 15) is 0 Å². The van der Waals surface area contributed by atoms with Gasteiger partial charge in [0.15, 0.2) is 5.65 Å². The fourth-order valence-corrected chi connectivity index (χ4v) is 1.33. The van der Waals surface area contributed by atoms with Gasteiger partial charge in [0.1, 0.15) is 0 Å². The van der Waals surface area contributed by atoms with E-state index in [-0.39, 0.29) is 5.41 Å². The van der Waals surface area contributed by atoms with Crippen LogP contribution >= 0.6 is 0 Å². The van der Waals surface area contributed by atoms with Crippen LogP contribution in [0.3, 0.4) is 0 Å². The second-order valence-electron chi connectivity index (χ2n) is 4.71. The Labute approximate surface area is 83.8 Å². The fraction of sp³-hybridized carbons (Fsp3) is 0.455. The Hall–Kier alpha value is -1.38. The zero-order valence-corrected chi connectivity index (χ0v) is 9.07. The highest BCUT2D eigenvalue weighted by Crippen LogP contribution is 2.21. The average Bonchev–Trinajstić information content (AvgIpc) is 2.45. The van der Waals surface area contributed by atoms with Crippen LogP contribution in [0.2, 0.25) is 0 Å². The van der Waals surface area contributed by atoms with Crippen molar-refractivity contribution >= 4 is 5.65 Å². The summed E-state index contributed by atoms with van der Waals surface area (Å²) >= 11 is 0. The van der Waals surface area contributed by atoms with Gasteiger partial charge >= 0.3 is 0 Å². The molecule has 0 atom stereocenters. The molecule has 0 amide bonds. The van der Waals surface area contributed by atoms with Crippen LogP contribution in [0.5, 0.6) is 0 Å². The summed E-state index contributed by atoms with van der Waals surface area (Å²) < 4.78 is 1.83. The highest BCUT2D eigenvalue weighted by Gasteiger charge is 2.17. The summed E-state index contributed by atoms with van der Waals surface area (Å²) in [5.74, 6) is 0. The highest BCUT2D eigenvalue weighted by atomic mass is 15.2. The number of aryl methyl sites for hydroxylation is 1. The molecule has 2 aromatic rings. The molecule has 14 heavy (non-hydrogen) atoms. The van der Waals surface area contributed by atoms with Gasteiger partial charge in [0.25, 0.3) is 0 Å². The first-order valence-corrected chi connectivity index (χ1v) is 4.79. The van der Waals surface area contributed by atoms with Gasteiger partial charge in [-0.25, -0.2) is 9.50 Å². The van der Waals surface area contributed by atoms with Crippen LogP contribution in [0.25, 0.3) is 5.65 Å². The smallest absolute Gasteiger partial charge is 0.154 e. The van der Waals surface area contributed by atoms with Gasteiger partial charge in [-0.05, 0) is 18.6 Å². The summed E-state index contributed by atoms with van der Waals surface area (Å²) in [7, 11) is 0. The first-order valence-electron chi connectivity index (χ1n) is 4.79. The van der Waals surface area contributed by atoms with Gasteiger partial charge in [-0.3, -0.25) is 0 Å². The van der Waals surface area contributed by atoms with E-state index in [1.54, 1.807) is 0 Å². The molecule has 0 bridgehead atoms. The van der Waals surface area contributed by atoms with Crippen LogP contribution in [-0.2, 0) is 5.41 Å². The van der Waals surface area contributed by atoms with E-state index >= 15 is 0 Å². The van der Waals surface area contributed by atoms with E-state index in [1.165, 1.54) is 0 Å². The molecule has 3 heteroatoms. The molecule has 0 N–H and O–H groups in total. The molecule has 0 aliphatic rings. The molecular weight excluding hydrogens is 174 g/mol. The van der Waals surface area contributed by atoms with Crippen LogP contribution in [0, 0.1) is 6.92 Å². The molecule has 3 nitrogen and oxygen atoms in total. The lowest BCUT2D eigenvalue weighted by Gasteiger charge is -2.13. The first-order chi connectivity index (χ1) is 6.47. The predicted octanol–water partition coefficient (Wildman–Crippen LogP) is 2.34. The van der Waals surface area contributed by atoms with E-state index in [1.807, 2.05) is 29.9 Å². The normalized spacial score (nSPS) is 12.3. The standard InChI is InChI=1S/C11H15N3/c1-8-5-10-13-9(11(2,3)4)7-14(10)12-6-8/h5-7H,1-4H3. The number of rotatable bonds is 0. The number of nitrogens with zero attached hydrogens (tertiary/aromatic N) is 3. The third-order valence-electron chi connectivity index (χ3n) is 2.23. The Morgan fingerprint density at radius 1 is 1.29 bits per heavy atom. The number of imidazole rings is 1. The van der Waals surface area contributed by atoms with Gasteiger partial charge in [-0.1, -0.05) is 20.8 Å².